The lowest BCUT2D eigenvalue weighted by molar-refractivity contribution is 0.0706. The maximum absolute atomic E-state index is 13.4. The first kappa shape index (κ1) is 17.5. The predicted octanol–water partition coefficient (Wildman–Crippen LogP) is 3.82. The highest BCUT2D eigenvalue weighted by atomic mass is 16.2. The summed E-state index contributed by atoms with van der Waals surface area (Å²) in [7, 11) is 0. The van der Waals surface area contributed by atoms with Gasteiger partial charge in [0.25, 0.3) is 5.91 Å². The van der Waals surface area contributed by atoms with Gasteiger partial charge in [0.15, 0.2) is 0 Å². The van der Waals surface area contributed by atoms with Gasteiger partial charge in [0, 0.05) is 55.6 Å². The van der Waals surface area contributed by atoms with E-state index in [1.807, 2.05) is 30.5 Å². The number of carbonyl (C=O) groups excluding carboxylic acids is 1. The summed E-state index contributed by atoms with van der Waals surface area (Å²) in [5.74, 6) is 1.61. The first-order chi connectivity index (χ1) is 12.6. The van der Waals surface area contributed by atoms with Crippen LogP contribution in [0.15, 0.2) is 36.7 Å². The van der Waals surface area contributed by atoms with E-state index in [2.05, 4.69) is 28.6 Å². The Morgan fingerprint density at radius 3 is 2.85 bits per heavy atom. The summed E-state index contributed by atoms with van der Waals surface area (Å²) in [5.41, 5.74) is 0.808. The number of hydrogen-bond donors (Lipinski definition) is 0. The molecule has 1 saturated carbocycles. The Balaban J connectivity index is 1.58. The smallest absolute Gasteiger partial charge is 0.254 e. The van der Waals surface area contributed by atoms with E-state index in [0.717, 1.165) is 48.3 Å². The monoisotopic (exact) mass is 351 g/mol. The molecular weight excluding hydrogens is 322 g/mol. The summed E-state index contributed by atoms with van der Waals surface area (Å²) >= 11 is 0. The fraction of sp³-hybridized carbons (Fsp3) is 0.545. The Labute approximate surface area is 156 Å². The van der Waals surface area contributed by atoms with E-state index in [1.54, 1.807) is 6.20 Å². The molecule has 0 spiro atoms. The number of nitrogens with zero attached hydrogens (tertiary/aromatic N) is 3. The lowest BCUT2D eigenvalue weighted by Gasteiger charge is -2.34. The fourth-order valence-electron chi connectivity index (χ4n) is 4.22. The number of aromatic nitrogens is 1. The van der Waals surface area contributed by atoms with Crippen LogP contribution in [0.5, 0.6) is 0 Å². The first-order valence-corrected chi connectivity index (χ1v) is 9.99. The molecule has 1 atom stereocenters. The van der Waals surface area contributed by atoms with Crippen LogP contribution in [-0.2, 0) is 0 Å². The van der Waals surface area contributed by atoms with E-state index in [1.165, 1.54) is 19.4 Å². The number of fused-ring (bicyclic) bond motifs is 1. The molecule has 1 amide bonds. The summed E-state index contributed by atoms with van der Waals surface area (Å²) in [4.78, 5) is 22.3. The molecule has 4 heteroatoms. The number of rotatable bonds is 4. The van der Waals surface area contributed by atoms with Gasteiger partial charge < -0.3 is 4.90 Å². The Morgan fingerprint density at radius 2 is 2.08 bits per heavy atom. The summed E-state index contributed by atoms with van der Waals surface area (Å²) in [6, 6.07) is 8.37. The van der Waals surface area contributed by atoms with Crippen LogP contribution in [0.1, 0.15) is 43.5 Å². The average Bonchev–Trinajstić information content (AvgIpc) is 3.48. The van der Waals surface area contributed by atoms with Crippen molar-refractivity contribution in [3.05, 3.63) is 42.2 Å². The van der Waals surface area contributed by atoms with Crippen molar-refractivity contribution in [2.24, 2.45) is 11.8 Å². The quantitative estimate of drug-likeness (QED) is 0.840. The molecule has 4 nitrogen and oxygen atoms in total. The van der Waals surface area contributed by atoms with Gasteiger partial charge in [-0.15, -0.1) is 0 Å². The van der Waals surface area contributed by atoms with Crippen molar-refractivity contribution in [1.82, 2.24) is 14.8 Å². The van der Waals surface area contributed by atoms with E-state index in [9.17, 15) is 4.79 Å². The third kappa shape index (κ3) is 3.61. The van der Waals surface area contributed by atoms with Gasteiger partial charge >= 0.3 is 0 Å². The van der Waals surface area contributed by atoms with Crippen LogP contribution in [0.2, 0.25) is 0 Å². The van der Waals surface area contributed by atoms with Crippen LogP contribution in [0, 0.1) is 11.8 Å². The van der Waals surface area contributed by atoms with Crippen molar-refractivity contribution in [2.45, 2.75) is 39.2 Å². The molecule has 1 unspecified atom stereocenters. The van der Waals surface area contributed by atoms with Crippen LogP contribution >= 0.6 is 0 Å². The Hall–Kier alpha value is -1.94. The minimum Gasteiger partial charge on any atom is -0.337 e. The van der Waals surface area contributed by atoms with Gasteiger partial charge in [0.05, 0.1) is 0 Å². The minimum atomic E-state index is 0.167. The normalized spacial score (nSPS) is 22.0. The Bertz CT molecular complexity index is 779. The molecule has 1 aromatic heterocycles. The SMILES string of the molecule is CC(C)C1CN(C(=O)c2cccc3cnccc23)CCCN1CC1CC1. The van der Waals surface area contributed by atoms with Crippen LogP contribution in [0.4, 0.5) is 0 Å². The molecular formula is C22H29N3O. The highest BCUT2D eigenvalue weighted by molar-refractivity contribution is 6.06. The van der Waals surface area contributed by atoms with E-state index < -0.39 is 0 Å². The lowest BCUT2D eigenvalue weighted by Crippen LogP contribution is -2.46. The zero-order valence-corrected chi connectivity index (χ0v) is 15.9. The minimum absolute atomic E-state index is 0.167. The second kappa shape index (κ2) is 7.36. The van der Waals surface area contributed by atoms with Gasteiger partial charge in [-0.25, -0.2) is 0 Å². The van der Waals surface area contributed by atoms with Gasteiger partial charge in [-0.1, -0.05) is 26.0 Å². The van der Waals surface area contributed by atoms with Gasteiger partial charge in [0.2, 0.25) is 0 Å². The van der Waals surface area contributed by atoms with Gasteiger partial charge in [-0.2, -0.15) is 0 Å². The van der Waals surface area contributed by atoms with Gasteiger partial charge in [-0.05, 0) is 48.6 Å². The van der Waals surface area contributed by atoms with E-state index in [0.29, 0.717) is 12.0 Å². The molecule has 138 valence electrons. The fourth-order valence-corrected chi connectivity index (χ4v) is 4.22. The lowest BCUT2D eigenvalue weighted by atomic mass is 10.0. The van der Waals surface area contributed by atoms with Crippen molar-refractivity contribution in [3.63, 3.8) is 0 Å². The number of pyridine rings is 1. The van der Waals surface area contributed by atoms with Crippen molar-refractivity contribution >= 4 is 16.7 Å². The predicted molar refractivity (Wildman–Crippen MR) is 105 cm³/mol. The van der Waals surface area contributed by atoms with E-state index in [-0.39, 0.29) is 5.91 Å². The van der Waals surface area contributed by atoms with E-state index >= 15 is 0 Å². The van der Waals surface area contributed by atoms with Crippen LogP contribution in [0.3, 0.4) is 0 Å². The Morgan fingerprint density at radius 1 is 1.23 bits per heavy atom. The van der Waals surface area contributed by atoms with Crippen molar-refractivity contribution < 1.29 is 4.79 Å². The average molecular weight is 351 g/mol. The topological polar surface area (TPSA) is 36.4 Å². The maximum Gasteiger partial charge on any atom is 0.254 e. The molecule has 2 aromatic rings. The zero-order chi connectivity index (χ0) is 18.1. The van der Waals surface area contributed by atoms with Crippen LogP contribution < -0.4 is 0 Å². The second-order valence-corrected chi connectivity index (χ2v) is 8.26. The third-order valence-electron chi connectivity index (χ3n) is 5.91. The molecule has 0 N–H and O–H groups in total. The third-order valence-corrected chi connectivity index (χ3v) is 5.91. The molecule has 0 radical (unpaired) electrons. The van der Waals surface area contributed by atoms with Crippen molar-refractivity contribution in [3.8, 4) is 0 Å². The van der Waals surface area contributed by atoms with Crippen molar-refractivity contribution in [2.75, 3.05) is 26.2 Å². The largest absolute Gasteiger partial charge is 0.337 e. The molecule has 4 rings (SSSR count). The zero-order valence-electron chi connectivity index (χ0n) is 15.9. The van der Waals surface area contributed by atoms with Gasteiger partial charge in [-0.3, -0.25) is 14.7 Å². The maximum atomic E-state index is 13.4. The highest BCUT2D eigenvalue weighted by Crippen LogP contribution is 2.32. The summed E-state index contributed by atoms with van der Waals surface area (Å²) in [6.07, 6.45) is 7.44. The van der Waals surface area contributed by atoms with Gasteiger partial charge in [0.1, 0.15) is 0 Å². The summed E-state index contributed by atoms with van der Waals surface area (Å²) in [6.45, 7) is 8.60. The molecule has 1 aromatic carbocycles. The molecule has 2 aliphatic rings. The Kier molecular flexibility index (Phi) is 4.94. The molecule has 2 fully saturated rings. The van der Waals surface area contributed by atoms with E-state index in [4.69, 9.17) is 0 Å². The molecule has 1 aliphatic heterocycles. The first-order valence-electron chi connectivity index (χ1n) is 9.99. The number of carbonyl (C=O) groups is 1. The second-order valence-electron chi connectivity index (χ2n) is 8.26. The standard InChI is InChI=1S/C22H29N3O/c1-16(2)21-15-25(12-4-11-24(21)14-17-7-8-17)22(26)20-6-3-5-18-13-23-10-9-19(18)20/h3,5-6,9-10,13,16-17,21H,4,7-8,11-12,14-15H2,1-2H3. The molecule has 1 aliphatic carbocycles. The van der Waals surface area contributed by atoms with Crippen LogP contribution in [-0.4, -0.2) is 52.9 Å². The summed E-state index contributed by atoms with van der Waals surface area (Å²) < 4.78 is 0. The molecule has 2 heterocycles. The number of benzene rings is 1. The number of hydrogen-bond acceptors (Lipinski definition) is 3. The summed E-state index contributed by atoms with van der Waals surface area (Å²) in [5, 5.41) is 2.04. The number of amides is 1. The van der Waals surface area contributed by atoms with Crippen molar-refractivity contribution in [1.29, 1.82) is 0 Å². The highest BCUT2D eigenvalue weighted by Gasteiger charge is 2.33. The molecule has 1 saturated heterocycles. The van der Waals surface area contributed by atoms with Crippen LogP contribution in [0.25, 0.3) is 10.8 Å². The molecule has 0 bridgehead atoms. The molecule has 26 heavy (non-hydrogen) atoms.